The number of piperazine rings is 1. The van der Waals surface area contributed by atoms with Crippen molar-refractivity contribution in [3.63, 3.8) is 0 Å². The summed E-state index contributed by atoms with van der Waals surface area (Å²) >= 11 is 0. The van der Waals surface area contributed by atoms with Crippen molar-refractivity contribution < 1.29 is 0 Å². The standard InChI is InChI=1S/C14H22N2/c1-4-15-8-10-16(11-9-15)14-12(2)6-5-7-13(14)3/h5-7H,4,8-11H2,1-3H3. The lowest BCUT2D eigenvalue weighted by Crippen LogP contribution is -2.46. The minimum Gasteiger partial charge on any atom is -0.369 e. The molecule has 0 saturated carbocycles. The zero-order valence-electron chi connectivity index (χ0n) is 10.7. The molecule has 0 atom stereocenters. The van der Waals surface area contributed by atoms with Gasteiger partial charge in [0.15, 0.2) is 0 Å². The van der Waals surface area contributed by atoms with E-state index in [1.807, 2.05) is 0 Å². The fraction of sp³-hybridized carbons (Fsp3) is 0.571. The normalized spacial score (nSPS) is 17.8. The van der Waals surface area contributed by atoms with Crippen LogP contribution in [-0.2, 0) is 0 Å². The Morgan fingerprint density at radius 3 is 2.06 bits per heavy atom. The molecule has 1 aromatic rings. The second-order valence-corrected chi connectivity index (χ2v) is 4.66. The number of likely N-dealkylation sites (N-methyl/N-ethyl adjacent to an activating group) is 1. The van der Waals surface area contributed by atoms with E-state index in [1.165, 1.54) is 49.5 Å². The van der Waals surface area contributed by atoms with E-state index in [1.54, 1.807) is 0 Å². The quantitative estimate of drug-likeness (QED) is 0.752. The number of hydrogen-bond acceptors (Lipinski definition) is 2. The SMILES string of the molecule is CCN1CCN(c2c(C)cccc2C)CC1. The van der Waals surface area contributed by atoms with E-state index in [9.17, 15) is 0 Å². The van der Waals surface area contributed by atoms with Crippen LogP contribution in [-0.4, -0.2) is 37.6 Å². The number of anilines is 1. The fourth-order valence-electron chi connectivity index (χ4n) is 2.59. The van der Waals surface area contributed by atoms with Crippen LogP contribution in [0.2, 0.25) is 0 Å². The largest absolute Gasteiger partial charge is 0.369 e. The molecule has 16 heavy (non-hydrogen) atoms. The number of hydrogen-bond donors (Lipinski definition) is 0. The van der Waals surface area contributed by atoms with E-state index in [2.05, 4.69) is 48.8 Å². The number of benzene rings is 1. The smallest absolute Gasteiger partial charge is 0.0426 e. The third-order valence-electron chi connectivity index (χ3n) is 3.58. The lowest BCUT2D eigenvalue weighted by molar-refractivity contribution is 0.271. The van der Waals surface area contributed by atoms with Crippen LogP contribution in [0.25, 0.3) is 0 Å². The van der Waals surface area contributed by atoms with Crippen molar-refractivity contribution >= 4 is 5.69 Å². The molecular weight excluding hydrogens is 196 g/mol. The van der Waals surface area contributed by atoms with Crippen LogP contribution in [0, 0.1) is 13.8 Å². The maximum Gasteiger partial charge on any atom is 0.0426 e. The highest BCUT2D eigenvalue weighted by Crippen LogP contribution is 2.25. The van der Waals surface area contributed by atoms with Gasteiger partial charge in [0.25, 0.3) is 0 Å². The summed E-state index contributed by atoms with van der Waals surface area (Å²) in [4.78, 5) is 5.06. The molecule has 0 bridgehead atoms. The maximum absolute atomic E-state index is 2.54. The van der Waals surface area contributed by atoms with E-state index in [4.69, 9.17) is 0 Å². The lowest BCUT2D eigenvalue weighted by Gasteiger charge is -2.37. The molecule has 0 aromatic heterocycles. The highest BCUT2D eigenvalue weighted by Gasteiger charge is 2.18. The summed E-state index contributed by atoms with van der Waals surface area (Å²) in [7, 11) is 0. The van der Waals surface area contributed by atoms with Crippen LogP contribution in [0.5, 0.6) is 0 Å². The van der Waals surface area contributed by atoms with Gasteiger partial charge in [-0.15, -0.1) is 0 Å². The zero-order valence-corrected chi connectivity index (χ0v) is 10.7. The van der Waals surface area contributed by atoms with Crippen molar-refractivity contribution in [1.82, 2.24) is 4.90 Å². The first-order chi connectivity index (χ1) is 7.72. The van der Waals surface area contributed by atoms with E-state index >= 15 is 0 Å². The van der Waals surface area contributed by atoms with Crippen LogP contribution < -0.4 is 4.90 Å². The molecule has 0 unspecified atom stereocenters. The van der Waals surface area contributed by atoms with Gasteiger partial charge in [-0.3, -0.25) is 0 Å². The van der Waals surface area contributed by atoms with Gasteiger partial charge in [0.05, 0.1) is 0 Å². The monoisotopic (exact) mass is 218 g/mol. The second kappa shape index (κ2) is 4.88. The highest BCUT2D eigenvalue weighted by atomic mass is 15.3. The van der Waals surface area contributed by atoms with E-state index < -0.39 is 0 Å². The summed E-state index contributed by atoms with van der Waals surface area (Å²) in [6.07, 6.45) is 0. The summed E-state index contributed by atoms with van der Waals surface area (Å²) < 4.78 is 0. The summed E-state index contributed by atoms with van der Waals surface area (Å²) in [6.45, 7) is 12.6. The second-order valence-electron chi connectivity index (χ2n) is 4.66. The van der Waals surface area contributed by atoms with Crippen LogP contribution in [0.15, 0.2) is 18.2 Å². The molecule has 1 aliphatic heterocycles. The van der Waals surface area contributed by atoms with E-state index in [0.29, 0.717) is 0 Å². The third kappa shape index (κ3) is 2.22. The lowest BCUT2D eigenvalue weighted by atomic mass is 10.1. The molecule has 0 aliphatic carbocycles. The topological polar surface area (TPSA) is 6.48 Å². The molecule has 0 radical (unpaired) electrons. The maximum atomic E-state index is 2.54. The van der Waals surface area contributed by atoms with Gasteiger partial charge in [-0.2, -0.15) is 0 Å². The van der Waals surface area contributed by atoms with Crippen molar-refractivity contribution in [2.45, 2.75) is 20.8 Å². The van der Waals surface area contributed by atoms with Crippen LogP contribution in [0.1, 0.15) is 18.1 Å². The van der Waals surface area contributed by atoms with Gasteiger partial charge in [-0.25, -0.2) is 0 Å². The number of aryl methyl sites for hydroxylation is 2. The van der Waals surface area contributed by atoms with Gasteiger partial charge in [-0.05, 0) is 31.5 Å². The van der Waals surface area contributed by atoms with Gasteiger partial charge in [0.1, 0.15) is 0 Å². The van der Waals surface area contributed by atoms with Crippen LogP contribution in [0.4, 0.5) is 5.69 Å². The number of para-hydroxylation sites is 1. The first kappa shape index (κ1) is 11.5. The Hall–Kier alpha value is -1.02. The van der Waals surface area contributed by atoms with Gasteiger partial charge in [0.2, 0.25) is 0 Å². The predicted octanol–water partition coefficient (Wildman–Crippen LogP) is 2.45. The Morgan fingerprint density at radius 1 is 1.00 bits per heavy atom. The molecule has 1 aromatic carbocycles. The predicted molar refractivity (Wildman–Crippen MR) is 70.2 cm³/mol. The van der Waals surface area contributed by atoms with Crippen molar-refractivity contribution in [3.8, 4) is 0 Å². The Balaban J connectivity index is 2.14. The van der Waals surface area contributed by atoms with Crippen molar-refractivity contribution in [2.24, 2.45) is 0 Å². The molecule has 2 nitrogen and oxygen atoms in total. The van der Waals surface area contributed by atoms with Gasteiger partial charge in [-0.1, -0.05) is 25.1 Å². The molecule has 2 rings (SSSR count). The van der Waals surface area contributed by atoms with Gasteiger partial charge >= 0.3 is 0 Å². The molecule has 88 valence electrons. The molecule has 2 heteroatoms. The Labute approximate surface area is 98.9 Å². The van der Waals surface area contributed by atoms with E-state index in [-0.39, 0.29) is 0 Å². The van der Waals surface area contributed by atoms with Gasteiger partial charge < -0.3 is 9.80 Å². The summed E-state index contributed by atoms with van der Waals surface area (Å²) in [6, 6.07) is 6.58. The fourth-order valence-corrected chi connectivity index (χ4v) is 2.59. The average Bonchev–Trinajstić information content (AvgIpc) is 2.30. The molecule has 0 N–H and O–H groups in total. The molecule has 1 aliphatic rings. The zero-order chi connectivity index (χ0) is 11.5. The van der Waals surface area contributed by atoms with Crippen LogP contribution in [0.3, 0.4) is 0 Å². The van der Waals surface area contributed by atoms with Crippen molar-refractivity contribution in [1.29, 1.82) is 0 Å². The number of nitrogens with zero attached hydrogens (tertiary/aromatic N) is 2. The molecule has 0 amide bonds. The third-order valence-corrected chi connectivity index (χ3v) is 3.58. The number of rotatable bonds is 2. The first-order valence-corrected chi connectivity index (χ1v) is 6.26. The molecule has 1 saturated heterocycles. The van der Waals surface area contributed by atoms with Gasteiger partial charge in [0, 0.05) is 31.9 Å². The molecule has 0 spiro atoms. The summed E-state index contributed by atoms with van der Waals surface area (Å²) in [5, 5.41) is 0. The average molecular weight is 218 g/mol. The molecule has 1 fully saturated rings. The van der Waals surface area contributed by atoms with Crippen LogP contribution >= 0.6 is 0 Å². The van der Waals surface area contributed by atoms with E-state index in [0.717, 1.165) is 0 Å². The van der Waals surface area contributed by atoms with Crippen molar-refractivity contribution in [2.75, 3.05) is 37.6 Å². The minimum absolute atomic E-state index is 1.17. The summed E-state index contributed by atoms with van der Waals surface area (Å²) in [5.41, 5.74) is 4.27. The molecular formula is C14H22N2. The Morgan fingerprint density at radius 2 is 1.56 bits per heavy atom. The molecule has 1 heterocycles. The Kier molecular flexibility index (Phi) is 3.49. The first-order valence-electron chi connectivity index (χ1n) is 6.26. The van der Waals surface area contributed by atoms with Crippen molar-refractivity contribution in [3.05, 3.63) is 29.3 Å². The Bertz CT molecular complexity index is 332. The highest BCUT2D eigenvalue weighted by molar-refractivity contribution is 5.59. The summed E-state index contributed by atoms with van der Waals surface area (Å²) in [5.74, 6) is 0. The minimum atomic E-state index is 1.17.